The second-order valence-electron chi connectivity index (χ2n) is 3.34. The highest BCUT2D eigenvalue weighted by molar-refractivity contribution is 5.75. The van der Waals surface area contributed by atoms with Crippen LogP contribution in [-0.4, -0.2) is 37.4 Å². The topological polar surface area (TPSA) is 58.6 Å². The molecule has 0 radical (unpaired) electrons. The van der Waals surface area contributed by atoms with E-state index in [4.69, 9.17) is 4.74 Å². The Labute approximate surface area is 85.6 Å². The molecule has 0 spiro atoms. The Hall–Kier alpha value is -0.610. The molecule has 0 aromatic rings. The Morgan fingerprint density at radius 2 is 2.29 bits per heavy atom. The molecule has 2 N–H and O–H groups in total. The quantitative estimate of drug-likeness (QED) is 0.571. The van der Waals surface area contributed by atoms with Gasteiger partial charge < -0.3 is 15.2 Å². The number of ether oxygens (including phenoxy) is 1. The molecule has 1 unspecified atom stereocenters. The Morgan fingerprint density at radius 1 is 1.57 bits per heavy atom. The predicted octanol–water partition coefficient (Wildman–Crippen LogP) is 0.690. The van der Waals surface area contributed by atoms with Gasteiger partial charge in [-0.2, -0.15) is 0 Å². The van der Waals surface area contributed by atoms with Gasteiger partial charge in [0.15, 0.2) is 0 Å². The fourth-order valence-corrected chi connectivity index (χ4v) is 1.13. The number of amides is 1. The first-order chi connectivity index (χ1) is 6.70. The average molecular weight is 203 g/mol. The highest BCUT2D eigenvalue weighted by atomic mass is 16.5. The summed E-state index contributed by atoms with van der Waals surface area (Å²) < 4.78 is 4.83. The number of aliphatic hydroxyl groups is 1. The third-order valence-corrected chi connectivity index (χ3v) is 1.91. The number of nitrogens with one attached hydrogen (secondary N) is 1. The Morgan fingerprint density at radius 3 is 2.86 bits per heavy atom. The monoisotopic (exact) mass is 203 g/mol. The van der Waals surface area contributed by atoms with Crippen LogP contribution in [-0.2, 0) is 9.53 Å². The summed E-state index contributed by atoms with van der Waals surface area (Å²) in [7, 11) is 1.61. The summed E-state index contributed by atoms with van der Waals surface area (Å²) in [5.41, 5.74) is 0. The first kappa shape index (κ1) is 13.4. The van der Waals surface area contributed by atoms with Crippen LogP contribution in [0.5, 0.6) is 0 Å². The maximum Gasteiger partial charge on any atom is 0.220 e. The van der Waals surface area contributed by atoms with Crippen LogP contribution in [0.15, 0.2) is 0 Å². The van der Waals surface area contributed by atoms with Gasteiger partial charge in [-0.25, -0.2) is 0 Å². The van der Waals surface area contributed by atoms with Crippen LogP contribution in [0.25, 0.3) is 0 Å². The zero-order valence-electron chi connectivity index (χ0n) is 9.08. The molecule has 84 valence electrons. The van der Waals surface area contributed by atoms with Gasteiger partial charge in [-0.15, -0.1) is 0 Å². The van der Waals surface area contributed by atoms with E-state index in [2.05, 4.69) is 5.32 Å². The maximum absolute atomic E-state index is 11.1. The number of hydrogen-bond acceptors (Lipinski definition) is 3. The molecule has 0 aromatic carbocycles. The molecule has 1 atom stereocenters. The first-order valence-corrected chi connectivity index (χ1v) is 5.14. The van der Waals surface area contributed by atoms with Crippen molar-refractivity contribution in [3.63, 3.8) is 0 Å². The van der Waals surface area contributed by atoms with Gasteiger partial charge in [-0.05, 0) is 12.8 Å². The van der Waals surface area contributed by atoms with Crippen molar-refractivity contribution >= 4 is 5.91 Å². The highest BCUT2D eigenvalue weighted by Gasteiger charge is 2.05. The van der Waals surface area contributed by atoms with Crippen molar-refractivity contribution in [1.29, 1.82) is 0 Å². The fourth-order valence-electron chi connectivity index (χ4n) is 1.13. The van der Waals surface area contributed by atoms with Crippen molar-refractivity contribution in [1.82, 2.24) is 5.32 Å². The van der Waals surface area contributed by atoms with Gasteiger partial charge in [-0.3, -0.25) is 4.79 Å². The second-order valence-corrected chi connectivity index (χ2v) is 3.34. The second kappa shape index (κ2) is 8.97. The molecule has 4 heteroatoms. The molecule has 14 heavy (non-hydrogen) atoms. The Bertz CT molecular complexity index is 150. The minimum Gasteiger partial charge on any atom is -0.391 e. The lowest BCUT2D eigenvalue weighted by Gasteiger charge is -2.10. The van der Waals surface area contributed by atoms with Crippen LogP contribution >= 0.6 is 0 Å². The van der Waals surface area contributed by atoms with Crippen molar-refractivity contribution in [2.24, 2.45) is 0 Å². The molecule has 4 nitrogen and oxygen atoms in total. The predicted molar refractivity (Wildman–Crippen MR) is 55.0 cm³/mol. The molecule has 0 saturated heterocycles. The molecule has 0 aromatic heterocycles. The van der Waals surface area contributed by atoms with Crippen molar-refractivity contribution in [2.75, 3.05) is 20.3 Å². The minimum absolute atomic E-state index is 0.0165. The minimum atomic E-state index is -0.411. The van der Waals surface area contributed by atoms with Gasteiger partial charge in [0.05, 0.1) is 6.10 Å². The molecule has 0 rings (SSSR count). The number of aliphatic hydroxyl groups excluding tert-OH is 1. The molecule has 0 aliphatic carbocycles. The summed E-state index contributed by atoms with van der Waals surface area (Å²) in [4.78, 5) is 11.1. The number of methoxy groups -OCH3 is 1. The zero-order valence-corrected chi connectivity index (χ0v) is 9.08. The summed E-state index contributed by atoms with van der Waals surface area (Å²) in [6.45, 7) is 2.97. The van der Waals surface area contributed by atoms with Crippen molar-refractivity contribution < 1.29 is 14.6 Å². The van der Waals surface area contributed by atoms with Crippen LogP contribution in [0, 0.1) is 0 Å². The van der Waals surface area contributed by atoms with Crippen molar-refractivity contribution in [2.45, 2.75) is 38.7 Å². The summed E-state index contributed by atoms with van der Waals surface area (Å²) in [5.74, 6) is -0.0165. The van der Waals surface area contributed by atoms with E-state index in [1.165, 1.54) is 0 Å². The van der Waals surface area contributed by atoms with Crippen LogP contribution < -0.4 is 5.32 Å². The summed E-state index contributed by atoms with van der Waals surface area (Å²) in [6, 6.07) is 0. The molecule has 0 aliphatic heterocycles. The van der Waals surface area contributed by atoms with E-state index in [0.717, 1.165) is 19.3 Å². The molecule has 0 fully saturated rings. The smallest absolute Gasteiger partial charge is 0.220 e. The van der Waals surface area contributed by atoms with Crippen LogP contribution in [0.1, 0.15) is 32.6 Å². The Balaban J connectivity index is 3.34. The van der Waals surface area contributed by atoms with Crippen LogP contribution in [0.3, 0.4) is 0 Å². The zero-order chi connectivity index (χ0) is 10.8. The Kier molecular flexibility index (Phi) is 8.57. The number of carbonyl (C=O) groups excluding carboxylic acids is 1. The molecule has 0 bridgehead atoms. The fraction of sp³-hybridized carbons (Fsp3) is 0.900. The van der Waals surface area contributed by atoms with Crippen LogP contribution in [0.2, 0.25) is 0 Å². The third-order valence-electron chi connectivity index (χ3n) is 1.91. The van der Waals surface area contributed by atoms with Gasteiger partial charge >= 0.3 is 0 Å². The van der Waals surface area contributed by atoms with E-state index < -0.39 is 6.10 Å². The van der Waals surface area contributed by atoms with E-state index >= 15 is 0 Å². The normalized spacial score (nSPS) is 12.5. The lowest BCUT2D eigenvalue weighted by Crippen LogP contribution is -2.31. The SMILES string of the molecule is CCCC(O)CNC(=O)CCCOC. The summed E-state index contributed by atoms with van der Waals surface area (Å²) in [5, 5.41) is 12.0. The number of rotatable bonds is 8. The average Bonchev–Trinajstić information content (AvgIpc) is 2.16. The molecule has 0 aliphatic rings. The van der Waals surface area contributed by atoms with Crippen molar-refractivity contribution in [3.05, 3.63) is 0 Å². The van der Waals surface area contributed by atoms with E-state index in [1.807, 2.05) is 6.92 Å². The third kappa shape index (κ3) is 8.01. The lowest BCUT2D eigenvalue weighted by atomic mass is 10.2. The molecular formula is C10H21NO3. The van der Waals surface area contributed by atoms with Gasteiger partial charge in [0.2, 0.25) is 5.91 Å². The number of hydrogen-bond donors (Lipinski definition) is 2. The van der Waals surface area contributed by atoms with Crippen LogP contribution in [0.4, 0.5) is 0 Å². The van der Waals surface area contributed by atoms with Gasteiger partial charge in [-0.1, -0.05) is 13.3 Å². The van der Waals surface area contributed by atoms with E-state index in [1.54, 1.807) is 7.11 Å². The first-order valence-electron chi connectivity index (χ1n) is 5.14. The van der Waals surface area contributed by atoms with E-state index in [9.17, 15) is 9.90 Å². The van der Waals surface area contributed by atoms with E-state index in [-0.39, 0.29) is 5.91 Å². The van der Waals surface area contributed by atoms with E-state index in [0.29, 0.717) is 19.6 Å². The summed E-state index contributed by atoms with van der Waals surface area (Å²) >= 11 is 0. The molecule has 1 amide bonds. The molecule has 0 heterocycles. The number of carbonyl (C=O) groups is 1. The standard InChI is InChI=1S/C10H21NO3/c1-3-5-9(12)8-11-10(13)6-4-7-14-2/h9,12H,3-8H2,1-2H3,(H,11,13). The highest BCUT2D eigenvalue weighted by Crippen LogP contribution is 1.95. The lowest BCUT2D eigenvalue weighted by molar-refractivity contribution is -0.121. The van der Waals surface area contributed by atoms with Crippen molar-refractivity contribution in [3.8, 4) is 0 Å². The summed E-state index contributed by atoms with van der Waals surface area (Å²) in [6.07, 6.45) is 2.45. The molecular weight excluding hydrogens is 182 g/mol. The van der Waals surface area contributed by atoms with Gasteiger partial charge in [0.1, 0.15) is 0 Å². The molecule has 0 saturated carbocycles. The maximum atomic E-state index is 11.1. The van der Waals surface area contributed by atoms with Gasteiger partial charge in [0.25, 0.3) is 0 Å². The largest absolute Gasteiger partial charge is 0.391 e. The van der Waals surface area contributed by atoms with Gasteiger partial charge in [0, 0.05) is 26.7 Å².